The van der Waals surface area contributed by atoms with Gasteiger partial charge in [0, 0.05) is 23.7 Å². The van der Waals surface area contributed by atoms with E-state index in [1.54, 1.807) is 17.5 Å². The molecule has 0 atom stereocenters. The summed E-state index contributed by atoms with van der Waals surface area (Å²) in [6.07, 6.45) is 1.78. The van der Waals surface area contributed by atoms with Crippen LogP contribution in [0.3, 0.4) is 0 Å². The van der Waals surface area contributed by atoms with E-state index in [1.807, 2.05) is 84.2 Å². The number of pyridine rings is 1. The molecule has 4 rings (SSSR count). The third-order valence-electron chi connectivity index (χ3n) is 4.64. The number of hydrogen-bond donors (Lipinski definition) is 2. The molecule has 2 aromatic carbocycles. The molecule has 4 aromatic rings. The Bertz CT molecular complexity index is 1010. The Hall–Kier alpha value is -3.44. The van der Waals surface area contributed by atoms with E-state index in [1.165, 1.54) is 0 Å². The number of benzene rings is 2. The summed E-state index contributed by atoms with van der Waals surface area (Å²) >= 11 is 1.64. The largest absolute Gasteiger partial charge is 0.334 e. The van der Waals surface area contributed by atoms with Crippen LogP contribution in [0.2, 0.25) is 0 Å². The first-order valence-electron chi connectivity index (χ1n) is 9.41. The van der Waals surface area contributed by atoms with Crippen molar-refractivity contribution in [3.8, 4) is 11.3 Å². The van der Waals surface area contributed by atoms with Gasteiger partial charge in [0.1, 0.15) is 0 Å². The van der Waals surface area contributed by atoms with Crippen LogP contribution in [0.5, 0.6) is 0 Å². The van der Waals surface area contributed by atoms with E-state index in [2.05, 4.69) is 21.0 Å². The lowest BCUT2D eigenvalue weighted by Crippen LogP contribution is -2.38. The average Bonchev–Trinajstić information content (AvgIpc) is 3.33. The summed E-state index contributed by atoms with van der Waals surface area (Å²) < 4.78 is 0. The fraction of sp³-hybridized carbons (Fsp3) is 0.0833. The lowest BCUT2D eigenvalue weighted by atomic mass is 9.99. The van der Waals surface area contributed by atoms with Crippen LogP contribution in [0.15, 0.2) is 95.8 Å². The van der Waals surface area contributed by atoms with Crippen molar-refractivity contribution in [3.63, 3.8) is 0 Å². The van der Waals surface area contributed by atoms with Crippen LogP contribution in [0.25, 0.3) is 11.3 Å². The fourth-order valence-corrected chi connectivity index (χ4v) is 3.82. The van der Waals surface area contributed by atoms with E-state index >= 15 is 0 Å². The minimum absolute atomic E-state index is 0.211. The molecule has 4 nitrogen and oxygen atoms in total. The van der Waals surface area contributed by atoms with Crippen molar-refractivity contribution >= 4 is 17.4 Å². The second-order valence-corrected chi connectivity index (χ2v) is 7.42. The molecule has 0 saturated heterocycles. The second kappa shape index (κ2) is 9.17. The summed E-state index contributed by atoms with van der Waals surface area (Å²) in [7, 11) is 0. The molecule has 29 heavy (non-hydrogen) atoms. The van der Waals surface area contributed by atoms with Gasteiger partial charge in [-0.1, -0.05) is 60.7 Å². The molecule has 0 unspecified atom stereocenters. The number of urea groups is 1. The van der Waals surface area contributed by atoms with Crippen LogP contribution in [0.4, 0.5) is 4.79 Å². The first-order valence-corrected chi connectivity index (χ1v) is 10.4. The van der Waals surface area contributed by atoms with Crippen molar-refractivity contribution in [2.24, 2.45) is 0 Å². The summed E-state index contributed by atoms with van der Waals surface area (Å²) in [5.74, 6) is 0. The van der Waals surface area contributed by atoms with Crippen LogP contribution in [0, 0.1) is 0 Å². The third-order valence-corrected chi connectivity index (χ3v) is 5.32. The molecule has 0 fully saturated rings. The zero-order chi connectivity index (χ0) is 19.9. The highest BCUT2D eigenvalue weighted by molar-refractivity contribution is 7.08. The van der Waals surface area contributed by atoms with Gasteiger partial charge in [-0.15, -0.1) is 0 Å². The average molecular weight is 400 g/mol. The Labute approximate surface area is 174 Å². The quantitative estimate of drug-likeness (QED) is 0.456. The van der Waals surface area contributed by atoms with Crippen molar-refractivity contribution < 1.29 is 4.79 Å². The van der Waals surface area contributed by atoms with Gasteiger partial charge < -0.3 is 10.6 Å². The molecule has 2 aromatic heterocycles. The maximum atomic E-state index is 12.7. The Morgan fingerprint density at radius 2 is 1.62 bits per heavy atom. The molecule has 0 aliphatic rings. The lowest BCUT2D eigenvalue weighted by molar-refractivity contribution is 0.238. The lowest BCUT2D eigenvalue weighted by Gasteiger charge is -2.20. The summed E-state index contributed by atoms with van der Waals surface area (Å²) in [6, 6.07) is 25.5. The Kier molecular flexibility index (Phi) is 5.98. The number of carbonyl (C=O) groups excluding carboxylic acids is 1. The van der Waals surface area contributed by atoms with Crippen LogP contribution in [-0.2, 0) is 6.54 Å². The number of aromatic nitrogens is 1. The van der Waals surface area contributed by atoms with E-state index in [0.29, 0.717) is 6.54 Å². The molecule has 0 radical (unpaired) electrons. The number of rotatable bonds is 6. The predicted molar refractivity (Wildman–Crippen MR) is 118 cm³/mol. The number of carbonyl (C=O) groups is 1. The van der Waals surface area contributed by atoms with Gasteiger partial charge in [-0.05, 0) is 40.3 Å². The van der Waals surface area contributed by atoms with E-state index < -0.39 is 0 Å². The van der Waals surface area contributed by atoms with E-state index in [-0.39, 0.29) is 12.1 Å². The standard InChI is InChI=1S/C24H21N3OS/c28-24(26-16-18-11-13-25-22(15-18)21-12-14-29-17-21)27-23(19-7-3-1-4-8-19)20-9-5-2-6-10-20/h1-15,17,23H,16H2,(H2,26,27,28). The van der Waals surface area contributed by atoms with Crippen molar-refractivity contribution in [1.82, 2.24) is 15.6 Å². The van der Waals surface area contributed by atoms with Crippen LogP contribution in [-0.4, -0.2) is 11.0 Å². The molecule has 144 valence electrons. The Morgan fingerprint density at radius 3 is 2.24 bits per heavy atom. The minimum Gasteiger partial charge on any atom is -0.334 e. The zero-order valence-corrected chi connectivity index (χ0v) is 16.6. The molecule has 0 bridgehead atoms. The van der Waals surface area contributed by atoms with Crippen LogP contribution < -0.4 is 10.6 Å². The molecular weight excluding hydrogens is 378 g/mol. The normalized spacial score (nSPS) is 10.7. The fourth-order valence-electron chi connectivity index (χ4n) is 3.17. The minimum atomic E-state index is -0.212. The maximum absolute atomic E-state index is 12.7. The van der Waals surface area contributed by atoms with Crippen molar-refractivity contribution in [1.29, 1.82) is 0 Å². The molecule has 0 saturated carbocycles. The van der Waals surface area contributed by atoms with Crippen LogP contribution in [0.1, 0.15) is 22.7 Å². The number of nitrogens with zero attached hydrogens (tertiary/aromatic N) is 1. The third kappa shape index (κ3) is 4.89. The smallest absolute Gasteiger partial charge is 0.315 e. The predicted octanol–water partition coefficient (Wildman–Crippen LogP) is 5.40. The van der Waals surface area contributed by atoms with Gasteiger partial charge in [-0.3, -0.25) is 4.98 Å². The van der Waals surface area contributed by atoms with Crippen LogP contribution >= 0.6 is 11.3 Å². The van der Waals surface area contributed by atoms with Gasteiger partial charge in [0.25, 0.3) is 0 Å². The first-order chi connectivity index (χ1) is 14.3. The highest BCUT2D eigenvalue weighted by Crippen LogP contribution is 2.22. The Balaban J connectivity index is 1.44. The van der Waals surface area contributed by atoms with E-state index in [0.717, 1.165) is 27.9 Å². The van der Waals surface area contributed by atoms with Gasteiger partial charge in [-0.2, -0.15) is 11.3 Å². The van der Waals surface area contributed by atoms with Crippen molar-refractivity contribution in [2.45, 2.75) is 12.6 Å². The molecule has 0 spiro atoms. The van der Waals surface area contributed by atoms with Gasteiger partial charge in [-0.25, -0.2) is 4.79 Å². The molecule has 2 amide bonds. The first kappa shape index (κ1) is 18.9. The highest BCUT2D eigenvalue weighted by Gasteiger charge is 2.16. The Morgan fingerprint density at radius 1 is 0.931 bits per heavy atom. The highest BCUT2D eigenvalue weighted by atomic mass is 32.1. The second-order valence-electron chi connectivity index (χ2n) is 6.64. The number of hydrogen-bond acceptors (Lipinski definition) is 3. The van der Waals surface area contributed by atoms with Crippen molar-refractivity contribution in [3.05, 3.63) is 113 Å². The monoisotopic (exact) mass is 399 g/mol. The van der Waals surface area contributed by atoms with Gasteiger partial charge in [0.2, 0.25) is 0 Å². The summed E-state index contributed by atoms with van der Waals surface area (Å²) in [5.41, 5.74) is 5.09. The summed E-state index contributed by atoms with van der Waals surface area (Å²) in [6.45, 7) is 0.432. The van der Waals surface area contributed by atoms with E-state index in [4.69, 9.17) is 0 Å². The maximum Gasteiger partial charge on any atom is 0.315 e. The number of nitrogens with one attached hydrogen (secondary N) is 2. The topological polar surface area (TPSA) is 54.0 Å². The van der Waals surface area contributed by atoms with Gasteiger partial charge in [0.15, 0.2) is 0 Å². The molecule has 0 aliphatic carbocycles. The zero-order valence-electron chi connectivity index (χ0n) is 15.8. The van der Waals surface area contributed by atoms with E-state index in [9.17, 15) is 4.79 Å². The number of thiophene rings is 1. The molecule has 0 aliphatic heterocycles. The summed E-state index contributed by atoms with van der Waals surface area (Å²) in [4.78, 5) is 17.1. The van der Waals surface area contributed by atoms with Gasteiger partial charge >= 0.3 is 6.03 Å². The number of amides is 2. The SMILES string of the molecule is O=C(NCc1ccnc(-c2ccsc2)c1)NC(c1ccccc1)c1ccccc1. The molecule has 2 heterocycles. The van der Waals surface area contributed by atoms with Gasteiger partial charge in [0.05, 0.1) is 11.7 Å². The molecular formula is C24H21N3OS. The molecule has 5 heteroatoms. The molecule has 2 N–H and O–H groups in total. The summed E-state index contributed by atoms with van der Waals surface area (Å²) in [5, 5.41) is 10.2. The van der Waals surface area contributed by atoms with Crippen molar-refractivity contribution in [2.75, 3.05) is 0 Å².